The minimum Gasteiger partial charge on any atom is -0.0753 e. The van der Waals surface area contributed by atoms with E-state index in [0.717, 1.165) is 0 Å². The van der Waals surface area contributed by atoms with E-state index in [-0.39, 0.29) is 7.92 Å². The molecule has 0 aliphatic carbocycles. The first-order valence-electron chi connectivity index (χ1n) is 5.59. The number of hydrogen-bond donors (Lipinski definition) is 0. The van der Waals surface area contributed by atoms with Gasteiger partial charge in [-0.3, -0.25) is 0 Å². The molecule has 0 fully saturated rings. The number of hydrogen-bond acceptors (Lipinski definition) is 0. The Morgan fingerprint density at radius 2 is 1.71 bits per heavy atom. The molecule has 14 heavy (non-hydrogen) atoms. The molecule has 1 rings (SSSR count). The zero-order valence-corrected chi connectivity index (χ0v) is 10.5. The Balaban J connectivity index is 2.75. The van der Waals surface area contributed by atoms with Gasteiger partial charge in [0.05, 0.1) is 0 Å². The van der Waals surface area contributed by atoms with Crippen LogP contribution in [0.4, 0.5) is 0 Å². The predicted octanol–water partition coefficient (Wildman–Crippen LogP) is 3.92. The van der Waals surface area contributed by atoms with Crippen molar-refractivity contribution in [1.82, 2.24) is 0 Å². The summed E-state index contributed by atoms with van der Waals surface area (Å²) in [5.74, 6) is 0. The van der Waals surface area contributed by atoms with Crippen molar-refractivity contribution in [2.45, 2.75) is 33.6 Å². The second-order valence-electron chi connectivity index (χ2n) is 3.83. The Hall–Kier alpha value is -0.350. The Bertz CT molecular complexity index is 262. The van der Waals surface area contributed by atoms with Crippen LogP contribution >= 0.6 is 7.92 Å². The molecule has 0 bridgehead atoms. The van der Waals surface area contributed by atoms with Crippen molar-refractivity contribution in [3.05, 3.63) is 29.8 Å². The van der Waals surface area contributed by atoms with E-state index >= 15 is 0 Å². The first-order chi connectivity index (χ1) is 6.77. The first-order valence-corrected chi connectivity index (χ1v) is 7.30. The van der Waals surface area contributed by atoms with Crippen LogP contribution in [0.25, 0.3) is 0 Å². The van der Waals surface area contributed by atoms with Gasteiger partial charge in [-0.1, -0.05) is 64.4 Å². The van der Waals surface area contributed by atoms with Crippen LogP contribution in [0, 0.1) is 6.92 Å². The fraction of sp³-hybridized carbons (Fsp3) is 0.538. The van der Waals surface area contributed by atoms with Crippen molar-refractivity contribution in [3.8, 4) is 0 Å². The van der Waals surface area contributed by atoms with Crippen molar-refractivity contribution < 1.29 is 0 Å². The highest BCUT2D eigenvalue weighted by Gasteiger charge is 2.08. The van der Waals surface area contributed by atoms with Crippen molar-refractivity contribution in [2.75, 3.05) is 12.3 Å². The van der Waals surface area contributed by atoms with E-state index in [4.69, 9.17) is 0 Å². The SMILES string of the molecule is CCCP(CCC)c1cccc(C)c1. The number of benzene rings is 1. The third kappa shape index (κ3) is 3.42. The second-order valence-corrected chi connectivity index (χ2v) is 6.32. The Morgan fingerprint density at radius 1 is 1.07 bits per heavy atom. The molecule has 0 amide bonds. The molecule has 1 aromatic rings. The Labute approximate surface area is 89.5 Å². The van der Waals surface area contributed by atoms with Crippen molar-refractivity contribution >= 4 is 13.2 Å². The monoisotopic (exact) mass is 208 g/mol. The average Bonchev–Trinajstić information content (AvgIpc) is 2.17. The van der Waals surface area contributed by atoms with Crippen LogP contribution in [-0.4, -0.2) is 12.3 Å². The summed E-state index contributed by atoms with van der Waals surface area (Å²) in [4.78, 5) is 0. The fourth-order valence-corrected chi connectivity index (χ4v) is 4.24. The van der Waals surface area contributed by atoms with Crippen LogP contribution in [0.5, 0.6) is 0 Å². The molecule has 1 aromatic carbocycles. The smallest absolute Gasteiger partial charge is 0.0238 e. The minimum atomic E-state index is 0.128. The molecule has 0 aromatic heterocycles. The van der Waals surface area contributed by atoms with Crippen LogP contribution in [0.15, 0.2) is 24.3 Å². The summed E-state index contributed by atoms with van der Waals surface area (Å²) in [6.45, 7) is 6.77. The van der Waals surface area contributed by atoms with E-state index in [2.05, 4.69) is 45.0 Å². The standard InChI is InChI=1S/C13H21P/c1-4-9-14(10-5-2)13-8-6-7-12(3)11-13/h6-8,11H,4-5,9-10H2,1-3H3. The van der Waals surface area contributed by atoms with Gasteiger partial charge in [0, 0.05) is 0 Å². The summed E-state index contributed by atoms with van der Waals surface area (Å²) >= 11 is 0. The lowest BCUT2D eigenvalue weighted by atomic mass is 10.2. The lowest BCUT2D eigenvalue weighted by molar-refractivity contribution is 1.06. The largest absolute Gasteiger partial charge is 0.0753 e. The molecular weight excluding hydrogens is 187 g/mol. The van der Waals surface area contributed by atoms with E-state index in [9.17, 15) is 0 Å². The zero-order chi connectivity index (χ0) is 10.4. The van der Waals surface area contributed by atoms with Gasteiger partial charge in [-0.25, -0.2) is 0 Å². The first kappa shape index (κ1) is 11.7. The quantitative estimate of drug-likeness (QED) is 0.643. The summed E-state index contributed by atoms with van der Waals surface area (Å²) in [6.07, 6.45) is 5.43. The summed E-state index contributed by atoms with van der Waals surface area (Å²) in [5, 5.41) is 1.60. The van der Waals surface area contributed by atoms with Crippen LogP contribution in [-0.2, 0) is 0 Å². The average molecular weight is 208 g/mol. The fourth-order valence-electron chi connectivity index (χ4n) is 1.73. The zero-order valence-electron chi connectivity index (χ0n) is 9.59. The highest BCUT2D eigenvalue weighted by molar-refractivity contribution is 7.65. The van der Waals surface area contributed by atoms with Gasteiger partial charge < -0.3 is 0 Å². The van der Waals surface area contributed by atoms with Gasteiger partial charge >= 0.3 is 0 Å². The molecule has 0 aliphatic rings. The van der Waals surface area contributed by atoms with Gasteiger partial charge in [-0.05, 0) is 24.6 Å². The van der Waals surface area contributed by atoms with E-state index in [1.165, 1.54) is 30.7 Å². The third-order valence-corrected chi connectivity index (χ3v) is 5.34. The molecule has 0 saturated heterocycles. The molecule has 0 aliphatic heterocycles. The maximum absolute atomic E-state index is 2.37. The second kappa shape index (κ2) is 6.19. The van der Waals surface area contributed by atoms with Crippen LogP contribution < -0.4 is 5.30 Å². The van der Waals surface area contributed by atoms with E-state index in [1.807, 2.05) is 0 Å². The summed E-state index contributed by atoms with van der Waals surface area (Å²) in [5.41, 5.74) is 1.40. The lowest BCUT2D eigenvalue weighted by Crippen LogP contribution is -2.06. The molecule has 0 atom stereocenters. The molecule has 78 valence electrons. The molecular formula is C13H21P. The Kier molecular flexibility index (Phi) is 5.19. The van der Waals surface area contributed by atoms with Gasteiger partial charge in [0.1, 0.15) is 0 Å². The van der Waals surface area contributed by atoms with E-state index < -0.39 is 0 Å². The summed E-state index contributed by atoms with van der Waals surface area (Å²) < 4.78 is 0. The molecule has 0 spiro atoms. The molecule has 0 radical (unpaired) electrons. The maximum Gasteiger partial charge on any atom is -0.0238 e. The number of aryl methyl sites for hydroxylation is 1. The van der Waals surface area contributed by atoms with Gasteiger partial charge in [-0.2, -0.15) is 0 Å². The van der Waals surface area contributed by atoms with Crippen LogP contribution in [0.3, 0.4) is 0 Å². The molecule has 1 heteroatoms. The molecule has 0 unspecified atom stereocenters. The molecule has 0 N–H and O–H groups in total. The highest BCUT2D eigenvalue weighted by Crippen LogP contribution is 2.35. The normalized spacial score (nSPS) is 10.9. The van der Waals surface area contributed by atoms with Gasteiger partial charge in [0.15, 0.2) is 0 Å². The van der Waals surface area contributed by atoms with Gasteiger partial charge in [0.2, 0.25) is 0 Å². The van der Waals surface area contributed by atoms with Crippen molar-refractivity contribution in [2.24, 2.45) is 0 Å². The molecule has 0 nitrogen and oxygen atoms in total. The third-order valence-electron chi connectivity index (χ3n) is 2.35. The van der Waals surface area contributed by atoms with E-state index in [0.29, 0.717) is 0 Å². The molecule has 0 saturated carbocycles. The summed E-state index contributed by atoms with van der Waals surface area (Å²) in [6, 6.07) is 9.07. The maximum atomic E-state index is 2.37. The number of rotatable bonds is 5. The van der Waals surface area contributed by atoms with Crippen molar-refractivity contribution in [3.63, 3.8) is 0 Å². The minimum absolute atomic E-state index is 0.128. The lowest BCUT2D eigenvalue weighted by Gasteiger charge is -2.16. The summed E-state index contributed by atoms with van der Waals surface area (Å²) in [7, 11) is 0.128. The predicted molar refractivity (Wildman–Crippen MR) is 68.0 cm³/mol. The van der Waals surface area contributed by atoms with Crippen LogP contribution in [0.2, 0.25) is 0 Å². The molecule has 0 heterocycles. The van der Waals surface area contributed by atoms with E-state index in [1.54, 1.807) is 5.30 Å². The van der Waals surface area contributed by atoms with Gasteiger partial charge in [0.25, 0.3) is 0 Å². The topological polar surface area (TPSA) is 0 Å². The highest BCUT2D eigenvalue weighted by atomic mass is 31.1. The van der Waals surface area contributed by atoms with Gasteiger partial charge in [-0.15, -0.1) is 0 Å². The Morgan fingerprint density at radius 3 is 2.21 bits per heavy atom. The van der Waals surface area contributed by atoms with Crippen LogP contribution in [0.1, 0.15) is 32.3 Å². The van der Waals surface area contributed by atoms with Crippen molar-refractivity contribution in [1.29, 1.82) is 0 Å².